The first kappa shape index (κ1) is 20.3. The van der Waals surface area contributed by atoms with Crippen LogP contribution < -0.4 is 5.32 Å². The summed E-state index contributed by atoms with van der Waals surface area (Å²) in [6.45, 7) is -0.356. The van der Waals surface area contributed by atoms with E-state index >= 15 is 0 Å². The summed E-state index contributed by atoms with van der Waals surface area (Å²) in [6.07, 6.45) is 6.96. The number of sulfonamides is 1. The Hall–Kier alpha value is -1.93. The predicted octanol–water partition coefficient (Wildman–Crippen LogP) is 2.18. The Morgan fingerprint density at radius 3 is 2.24 bits per heavy atom. The predicted molar refractivity (Wildman–Crippen MR) is 107 cm³/mol. The molecule has 4 aliphatic carbocycles. The third kappa shape index (κ3) is 4.05. The van der Waals surface area contributed by atoms with E-state index in [9.17, 15) is 18.0 Å². The molecule has 5 rings (SSSR count). The van der Waals surface area contributed by atoms with Gasteiger partial charge in [0.05, 0.1) is 10.5 Å². The zero-order valence-electron chi connectivity index (χ0n) is 16.9. The van der Waals surface area contributed by atoms with E-state index in [2.05, 4.69) is 5.32 Å². The molecule has 1 N–H and O–H groups in total. The van der Waals surface area contributed by atoms with Gasteiger partial charge in [-0.1, -0.05) is 6.07 Å². The highest BCUT2D eigenvalue weighted by molar-refractivity contribution is 7.89. The summed E-state index contributed by atoms with van der Waals surface area (Å²) in [5.74, 6) is 1.15. The van der Waals surface area contributed by atoms with Gasteiger partial charge < -0.3 is 10.1 Å². The van der Waals surface area contributed by atoms with Gasteiger partial charge in [0.25, 0.3) is 5.91 Å². The van der Waals surface area contributed by atoms with Crippen molar-refractivity contribution in [3.63, 3.8) is 0 Å². The Kier molecular flexibility index (Phi) is 5.19. The molecule has 4 bridgehead atoms. The van der Waals surface area contributed by atoms with Crippen molar-refractivity contribution in [1.29, 1.82) is 0 Å². The fourth-order valence-electron chi connectivity index (χ4n) is 5.80. The first-order valence-electron chi connectivity index (χ1n) is 10.2. The largest absolute Gasteiger partial charge is 0.452 e. The number of nitrogens with one attached hydrogen (secondary N) is 1. The van der Waals surface area contributed by atoms with Crippen LogP contribution in [-0.2, 0) is 19.6 Å². The maximum Gasteiger partial charge on any atom is 0.338 e. The first-order valence-corrected chi connectivity index (χ1v) is 11.6. The second-order valence-corrected chi connectivity index (χ2v) is 11.3. The van der Waals surface area contributed by atoms with E-state index in [1.165, 1.54) is 57.6 Å². The molecule has 8 heteroatoms. The summed E-state index contributed by atoms with van der Waals surface area (Å²) < 4.78 is 30.7. The van der Waals surface area contributed by atoms with Gasteiger partial charge >= 0.3 is 5.97 Å². The normalized spacial score (nSPS) is 30.4. The van der Waals surface area contributed by atoms with Crippen molar-refractivity contribution in [1.82, 2.24) is 9.62 Å². The number of hydrogen-bond acceptors (Lipinski definition) is 5. The van der Waals surface area contributed by atoms with Crippen LogP contribution in [0.25, 0.3) is 0 Å². The number of rotatable bonds is 6. The van der Waals surface area contributed by atoms with E-state index in [4.69, 9.17) is 4.74 Å². The third-order valence-electron chi connectivity index (χ3n) is 6.63. The van der Waals surface area contributed by atoms with E-state index in [0.29, 0.717) is 17.8 Å². The molecule has 1 aromatic rings. The van der Waals surface area contributed by atoms with E-state index in [-0.39, 0.29) is 28.5 Å². The molecular weight excluding hydrogens is 392 g/mol. The second-order valence-electron chi connectivity index (χ2n) is 9.14. The van der Waals surface area contributed by atoms with Crippen LogP contribution in [0.3, 0.4) is 0 Å². The lowest BCUT2D eigenvalue weighted by Gasteiger charge is -2.56. The summed E-state index contributed by atoms with van der Waals surface area (Å²) in [4.78, 5) is 24.8. The summed E-state index contributed by atoms with van der Waals surface area (Å²) in [5.41, 5.74) is -0.0201. The molecule has 0 aliphatic heterocycles. The Bertz CT molecular complexity index is 889. The summed E-state index contributed by atoms with van der Waals surface area (Å²) in [6, 6.07) is 5.66. The average Bonchev–Trinajstić information content (AvgIpc) is 2.64. The monoisotopic (exact) mass is 420 g/mol. The molecule has 4 fully saturated rings. The molecule has 0 aromatic heterocycles. The summed E-state index contributed by atoms with van der Waals surface area (Å²) >= 11 is 0. The van der Waals surface area contributed by atoms with E-state index in [1.54, 1.807) is 0 Å². The molecule has 0 unspecified atom stereocenters. The maximum atomic E-state index is 12.5. The number of esters is 1. The minimum absolute atomic E-state index is 0.00923. The number of carbonyl (C=O) groups is 2. The van der Waals surface area contributed by atoms with Gasteiger partial charge in [-0.3, -0.25) is 4.79 Å². The van der Waals surface area contributed by atoms with Crippen LogP contribution >= 0.6 is 0 Å². The summed E-state index contributed by atoms with van der Waals surface area (Å²) in [5, 5.41) is 3.16. The third-order valence-corrected chi connectivity index (χ3v) is 8.44. The molecule has 0 atom stereocenters. The van der Waals surface area contributed by atoms with Crippen molar-refractivity contribution in [2.24, 2.45) is 17.8 Å². The second kappa shape index (κ2) is 7.40. The van der Waals surface area contributed by atoms with Gasteiger partial charge in [-0.15, -0.1) is 0 Å². The standard InChI is InChI=1S/C21H28N2O5S/c1-23(2)29(26,27)18-5-3-4-17(9-18)20(25)28-13-19(24)22-21-10-14-6-15(11-21)8-16(7-14)12-21/h3-5,9,14-16H,6-8,10-13H2,1-2H3,(H,22,24). The van der Waals surface area contributed by atoms with Gasteiger partial charge in [0.1, 0.15) is 0 Å². The Balaban J connectivity index is 1.36. The maximum absolute atomic E-state index is 12.5. The highest BCUT2D eigenvalue weighted by Crippen LogP contribution is 2.55. The van der Waals surface area contributed by atoms with Crippen molar-refractivity contribution in [2.75, 3.05) is 20.7 Å². The first-order chi connectivity index (χ1) is 13.7. The van der Waals surface area contributed by atoms with Crippen molar-refractivity contribution < 1.29 is 22.7 Å². The molecule has 0 heterocycles. The number of ether oxygens (including phenoxy) is 1. The molecular formula is C21H28N2O5S. The lowest BCUT2D eigenvalue weighted by molar-refractivity contribution is -0.130. The lowest BCUT2D eigenvalue weighted by atomic mass is 9.53. The zero-order valence-corrected chi connectivity index (χ0v) is 17.7. The van der Waals surface area contributed by atoms with E-state index in [1.807, 2.05) is 0 Å². The smallest absolute Gasteiger partial charge is 0.338 e. The molecule has 0 radical (unpaired) electrons. The molecule has 29 heavy (non-hydrogen) atoms. The average molecular weight is 421 g/mol. The van der Waals surface area contributed by atoms with E-state index < -0.39 is 16.0 Å². The number of amides is 1. The number of carbonyl (C=O) groups excluding carboxylic acids is 2. The van der Waals surface area contributed by atoms with Crippen LogP contribution in [0.5, 0.6) is 0 Å². The Labute approximate surface area is 171 Å². The van der Waals surface area contributed by atoms with Crippen LogP contribution in [0.4, 0.5) is 0 Å². The molecule has 1 aromatic carbocycles. The Morgan fingerprint density at radius 1 is 1.10 bits per heavy atom. The van der Waals surface area contributed by atoms with Crippen molar-refractivity contribution >= 4 is 21.9 Å². The highest BCUT2D eigenvalue weighted by atomic mass is 32.2. The fraction of sp³-hybridized carbons (Fsp3) is 0.619. The molecule has 158 valence electrons. The van der Waals surface area contributed by atoms with Crippen molar-refractivity contribution in [2.45, 2.75) is 49.0 Å². The number of benzene rings is 1. The Morgan fingerprint density at radius 2 is 1.69 bits per heavy atom. The van der Waals surface area contributed by atoms with Gasteiger partial charge in [-0.2, -0.15) is 0 Å². The van der Waals surface area contributed by atoms with Gasteiger partial charge in [-0.25, -0.2) is 17.5 Å². The van der Waals surface area contributed by atoms with Crippen LogP contribution in [-0.4, -0.2) is 50.8 Å². The van der Waals surface area contributed by atoms with Crippen molar-refractivity contribution in [3.8, 4) is 0 Å². The van der Waals surface area contributed by atoms with Crippen LogP contribution in [0.2, 0.25) is 0 Å². The molecule has 0 spiro atoms. The number of nitrogens with zero attached hydrogens (tertiary/aromatic N) is 1. The summed E-state index contributed by atoms with van der Waals surface area (Å²) in [7, 11) is -0.797. The van der Waals surface area contributed by atoms with Gasteiger partial charge in [-0.05, 0) is 74.5 Å². The quantitative estimate of drug-likeness (QED) is 0.712. The SMILES string of the molecule is CN(C)S(=O)(=O)c1cccc(C(=O)OCC(=O)NC23CC4CC(CC(C4)C2)C3)c1. The minimum atomic E-state index is -3.65. The van der Waals surface area contributed by atoms with Gasteiger partial charge in [0, 0.05) is 19.6 Å². The molecule has 7 nitrogen and oxygen atoms in total. The lowest BCUT2D eigenvalue weighted by Crippen LogP contribution is -2.60. The molecule has 0 saturated heterocycles. The van der Waals surface area contributed by atoms with Gasteiger partial charge in [0.15, 0.2) is 6.61 Å². The minimum Gasteiger partial charge on any atom is -0.452 e. The molecule has 4 saturated carbocycles. The van der Waals surface area contributed by atoms with Crippen molar-refractivity contribution in [3.05, 3.63) is 29.8 Å². The fourth-order valence-corrected chi connectivity index (χ4v) is 6.75. The number of hydrogen-bond donors (Lipinski definition) is 1. The van der Waals surface area contributed by atoms with Crippen LogP contribution in [0.15, 0.2) is 29.2 Å². The molecule has 1 amide bonds. The zero-order chi connectivity index (χ0) is 20.8. The topological polar surface area (TPSA) is 92.8 Å². The van der Waals surface area contributed by atoms with Gasteiger partial charge in [0.2, 0.25) is 10.0 Å². The van der Waals surface area contributed by atoms with E-state index in [0.717, 1.165) is 23.6 Å². The highest BCUT2D eigenvalue weighted by Gasteiger charge is 2.51. The molecule has 4 aliphatic rings. The van der Waals surface area contributed by atoms with Crippen LogP contribution in [0.1, 0.15) is 48.9 Å². The van der Waals surface area contributed by atoms with Crippen LogP contribution in [0, 0.1) is 17.8 Å².